The lowest BCUT2D eigenvalue weighted by molar-refractivity contribution is -0.362. The van der Waals surface area contributed by atoms with E-state index in [-0.39, 0.29) is 17.7 Å². The first-order valence-corrected chi connectivity index (χ1v) is 20.4. The molecule has 2 saturated carbocycles. The molecule has 1 aromatic rings. The van der Waals surface area contributed by atoms with Crippen LogP contribution >= 0.6 is 0 Å². The number of rotatable bonds is 14. The van der Waals surface area contributed by atoms with Gasteiger partial charge in [-0.2, -0.15) is 4.90 Å². The molecule has 2 aliphatic carbocycles. The van der Waals surface area contributed by atoms with Crippen molar-refractivity contribution in [3.8, 4) is 0 Å². The lowest BCUT2D eigenvalue weighted by Crippen LogP contribution is -2.58. The average Bonchev–Trinajstić information content (AvgIpc) is 4.00. The van der Waals surface area contributed by atoms with Gasteiger partial charge in [-0.1, -0.05) is 56.9 Å². The van der Waals surface area contributed by atoms with Gasteiger partial charge in [0.1, 0.15) is 35.1 Å². The molecule has 5 atom stereocenters. The molecular weight excluding hydrogens is 773 g/mol. The molecule has 5 amide bonds. The van der Waals surface area contributed by atoms with Crippen molar-refractivity contribution in [2.24, 2.45) is 5.92 Å². The van der Waals surface area contributed by atoms with Gasteiger partial charge in [-0.3, -0.25) is 19.1 Å². The van der Waals surface area contributed by atoms with Crippen molar-refractivity contribution in [1.29, 1.82) is 0 Å². The first kappa shape index (κ1) is 43.7. The maximum absolute atomic E-state index is 14.7. The Labute approximate surface area is 329 Å². The van der Waals surface area contributed by atoms with Crippen LogP contribution in [0.25, 0.3) is 0 Å². The fraction of sp³-hybridized carbons (Fsp3) is 0.649. The van der Waals surface area contributed by atoms with E-state index in [1.54, 1.807) is 27.7 Å². The molecule has 0 spiro atoms. The molecule has 5 unspecified atom stereocenters. The van der Waals surface area contributed by atoms with E-state index >= 15 is 0 Å². The van der Waals surface area contributed by atoms with Crippen molar-refractivity contribution in [2.75, 3.05) is 6.54 Å². The normalized spacial score (nSPS) is 25.2. The molecule has 7 N–H and O–H groups in total. The van der Waals surface area contributed by atoms with E-state index < -0.39 is 122 Å². The SMILES string of the molecule is C=C(C)C1CC1(NC(=O)C1CC(OC(=O)N2C(O)(O)c3cccc(F)c3C2(O)O)CN1C(=O)C(CCCCCC)NC(=O)OC(C)(C)C)C(=O)NS(=O)(=O)C1CC1. The molecule has 1 aromatic carbocycles. The highest BCUT2D eigenvalue weighted by Crippen LogP contribution is 2.49. The number of aliphatic hydroxyl groups is 4. The standard InChI is InChI=1S/C37H52FN5O13S/c1-7-8-9-10-14-26(39-32(47)56-34(4,5)6)30(45)42-19-21(55-33(48)43-36(49,50)23-12-11-13-25(38)28(23)37(43,51)52)17-27(42)29(44)40-35(18-24(35)20(2)3)31(46)41-57(53,54)22-15-16-22/h11-13,21-22,24,26-27,49-52H,2,7-10,14-19H2,1,3-6H3,(H,39,47)(H,40,44)(H,41,46). The van der Waals surface area contributed by atoms with Crippen LogP contribution in [0.15, 0.2) is 30.4 Å². The molecule has 57 heavy (non-hydrogen) atoms. The van der Waals surface area contributed by atoms with Crippen molar-refractivity contribution in [3.05, 3.63) is 47.3 Å². The largest absolute Gasteiger partial charge is 0.444 e. The van der Waals surface area contributed by atoms with Gasteiger partial charge < -0.3 is 45.4 Å². The number of alkyl carbamates (subject to hydrolysis) is 1. The third-order valence-corrected chi connectivity index (χ3v) is 12.3. The van der Waals surface area contributed by atoms with Crippen LogP contribution in [-0.4, -0.2) is 110 Å². The number of carbonyl (C=O) groups excluding carboxylic acids is 5. The lowest BCUT2D eigenvalue weighted by Gasteiger charge is -2.34. The summed E-state index contributed by atoms with van der Waals surface area (Å²) in [4.78, 5) is 69.5. The zero-order valence-corrected chi connectivity index (χ0v) is 33.4. The van der Waals surface area contributed by atoms with Gasteiger partial charge in [0.2, 0.25) is 21.8 Å². The minimum absolute atomic E-state index is 0.0182. The Morgan fingerprint density at radius 3 is 2.28 bits per heavy atom. The zero-order valence-electron chi connectivity index (χ0n) is 32.5. The molecule has 2 aliphatic heterocycles. The maximum atomic E-state index is 14.7. The Hall–Kier alpha value is -4.37. The molecule has 2 heterocycles. The number of hydrogen-bond acceptors (Lipinski definition) is 13. The Kier molecular flexibility index (Phi) is 12.1. The van der Waals surface area contributed by atoms with E-state index in [1.807, 2.05) is 6.92 Å². The van der Waals surface area contributed by atoms with Gasteiger partial charge in [0, 0.05) is 17.9 Å². The number of ether oxygens (including phenoxy) is 2. The quantitative estimate of drug-likeness (QED) is 0.0795. The Balaban J connectivity index is 1.45. The number of nitrogens with zero attached hydrogens (tertiary/aromatic N) is 2. The van der Waals surface area contributed by atoms with Gasteiger partial charge in [-0.25, -0.2) is 22.4 Å². The predicted molar refractivity (Wildman–Crippen MR) is 197 cm³/mol. The van der Waals surface area contributed by atoms with Gasteiger partial charge >= 0.3 is 12.2 Å². The number of amides is 5. The van der Waals surface area contributed by atoms with Crippen LogP contribution in [0.5, 0.6) is 0 Å². The summed E-state index contributed by atoms with van der Waals surface area (Å²) in [6.45, 7) is 11.7. The van der Waals surface area contributed by atoms with Gasteiger partial charge in [0.15, 0.2) is 0 Å². The molecule has 4 aliphatic rings. The van der Waals surface area contributed by atoms with Crippen molar-refractivity contribution in [3.63, 3.8) is 0 Å². The fourth-order valence-electron chi connectivity index (χ4n) is 7.39. The molecule has 316 valence electrons. The highest BCUT2D eigenvalue weighted by atomic mass is 32.2. The van der Waals surface area contributed by atoms with Crippen LogP contribution in [0, 0.1) is 11.7 Å². The van der Waals surface area contributed by atoms with Crippen molar-refractivity contribution >= 4 is 39.9 Å². The van der Waals surface area contributed by atoms with E-state index in [1.165, 1.54) is 0 Å². The number of halogens is 1. The predicted octanol–water partition coefficient (Wildman–Crippen LogP) is 1.36. The molecule has 0 radical (unpaired) electrons. The van der Waals surface area contributed by atoms with Crippen LogP contribution in [0.2, 0.25) is 0 Å². The summed E-state index contributed by atoms with van der Waals surface area (Å²) >= 11 is 0. The van der Waals surface area contributed by atoms with Crippen LogP contribution in [0.3, 0.4) is 0 Å². The van der Waals surface area contributed by atoms with Gasteiger partial charge in [0.05, 0.1) is 17.4 Å². The Bertz CT molecular complexity index is 1910. The topological polar surface area (TPSA) is 261 Å². The molecule has 3 fully saturated rings. The number of sulfonamides is 1. The second kappa shape index (κ2) is 15.8. The van der Waals surface area contributed by atoms with E-state index in [9.17, 15) is 57.2 Å². The molecule has 0 bridgehead atoms. The van der Waals surface area contributed by atoms with Crippen LogP contribution < -0.4 is 15.4 Å². The van der Waals surface area contributed by atoms with Crippen LogP contribution in [0.1, 0.15) is 104 Å². The number of likely N-dealkylation sites (tertiary alicyclic amines) is 1. The van der Waals surface area contributed by atoms with E-state index in [0.717, 1.165) is 35.9 Å². The monoisotopic (exact) mass is 825 g/mol. The Morgan fingerprint density at radius 2 is 1.72 bits per heavy atom. The summed E-state index contributed by atoms with van der Waals surface area (Å²) in [5, 5.41) is 47.8. The maximum Gasteiger partial charge on any atom is 0.419 e. The third kappa shape index (κ3) is 9.04. The molecule has 0 aromatic heterocycles. The summed E-state index contributed by atoms with van der Waals surface area (Å²) in [7, 11) is -4.04. The van der Waals surface area contributed by atoms with E-state index in [4.69, 9.17) is 9.47 Å². The summed E-state index contributed by atoms with van der Waals surface area (Å²) in [5.74, 6) is -11.9. The summed E-state index contributed by atoms with van der Waals surface area (Å²) < 4.78 is 53.1. The number of fused-ring (bicyclic) bond motifs is 1. The number of benzene rings is 1. The molecule has 20 heteroatoms. The summed E-state index contributed by atoms with van der Waals surface area (Å²) in [5.41, 5.74) is -4.05. The highest BCUT2D eigenvalue weighted by Gasteiger charge is 2.64. The van der Waals surface area contributed by atoms with E-state index in [0.29, 0.717) is 31.3 Å². The van der Waals surface area contributed by atoms with Gasteiger partial charge in [-0.15, -0.1) is 0 Å². The van der Waals surface area contributed by atoms with Gasteiger partial charge in [-0.05, 0) is 59.4 Å². The fourth-order valence-corrected chi connectivity index (χ4v) is 8.75. The van der Waals surface area contributed by atoms with Crippen molar-refractivity contribution in [1.82, 2.24) is 25.2 Å². The van der Waals surface area contributed by atoms with Crippen LogP contribution in [-0.2, 0) is 45.7 Å². The molecule has 1 saturated heterocycles. The number of nitrogens with one attached hydrogen (secondary N) is 3. The number of hydrogen-bond donors (Lipinski definition) is 7. The highest BCUT2D eigenvalue weighted by molar-refractivity contribution is 7.91. The first-order valence-electron chi connectivity index (χ1n) is 18.9. The Morgan fingerprint density at radius 1 is 1.05 bits per heavy atom. The first-order chi connectivity index (χ1) is 26.4. The van der Waals surface area contributed by atoms with Gasteiger partial charge in [0.25, 0.3) is 17.7 Å². The average molecular weight is 826 g/mol. The summed E-state index contributed by atoms with van der Waals surface area (Å²) in [6.07, 6.45) is -1.04. The minimum atomic E-state index is -4.04. The molecule has 5 rings (SSSR count). The summed E-state index contributed by atoms with van der Waals surface area (Å²) in [6, 6.07) is -0.0300. The van der Waals surface area contributed by atoms with Crippen molar-refractivity contribution < 1.29 is 66.7 Å². The number of carbonyl (C=O) groups is 5. The molecule has 18 nitrogen and oxygen atoms in total. The third-order valence-electron chi connectivity index (χ3n) is 10.5. The lowest BCUT2D eigenvalue weighted by atomic mass is 10.0. The number of unbranched alkanes of at least 4 members (excludes halogenated alkanes) is 3. The van der Waals surface area contributed by atoms with Crippen LogP contribution in [0.4, 0.5) is 14.0 Å². The zero-order chi connectivity index (χ0) is 42.5. The smallest absolute Gasteiger partial charge is 0.419 e. The minimum Gasteiger partial charge on any atom is -0.444 e. The van der Waals surface area contributed by atoms with E-state index in [2.05, 4.69) is 21.9 Å². The molecular formula is C37H52FN5O13S. The second-order valence-corrected chi connectivity index (χ2v) is 18.3. The van der Waals surface area contributed by atoms with Crippen molar-refractivity contribution in [2.45, 2.75) is 139 Å². The second-order valence-electron chi connectivity index (χ2n) is 16.3.